The zero-order valence-corrected chi connectivity index (χ0v) is 14.6. The van der Waals surface area contributed by atoms with E-state index in [1.807, 2.05) is 48.5 Å². The lowest BCUT2D eigenvalue weighted by Gasteiger charge is -2.08. The third-order valence-electron chi connectivity index (χ3n) is 4.21. The Morgan fingerprint density at radius 3 is 2.67 bits per heavy atom. The lowest BCUT2D eigenvalue weighted by Crippen LogP contribution is -2.25. The standard InChI is InChI=1S/C21H19N3O3/c25-21(22-11-10-15-4-2-1-3-5-15)16-6-9-20(23-13-16)24-17-7-8-18-19(12-17)27-14-26-18/h1-9,12-13H,10-11,14H2,(H,22,25)(H,23,24). The van der Waals surface area contributed by atoms with Gasteiger partial charge in [0.05, 0.1) is 5.56 Å². The van der Waals surface area contributed by atoms with E-state index < -0.39 is 0 Å². The first-order valence-corrected chi connectivity index (χ1v) is 8.73. The molecule has 1 aliphatic rings. The third kappa shape index (κ3) is 4.17. The molecule has 0 atom stereocenters. The maximum Gasteiger partial charge on any atom is 0.252 e. The van der Waals surface area contributed by atoms with E-state index in [2.05, 4.69) is 15.6 Å². The van der Waals surface area contributed by atoms with Crippen LogP contribution in [0.5, 0.6) is 11.5 Å². The van der Waals surface area contributed by atoms with Crippen molar-refractivity contribution in [3.8, 4) is 11.5 Å². The molecule has 0 radical (unpaired) electrons. The molecule has 0 saturated carbocycles. The highest BCUT2D eigenvalue weighted by atomic mass is 16.7. The first-order valence-electron chi connectivity index (χ1n) is 8.73. The average Bonchev–Trinajstić information content (AvgIpc) is 3.17. The zero-order valence-electron chi connectivity index (χ0n) is 14.6. The van der Waals surface area contributed by atoms with E-state index >= 15 is 0 Å². The molecule has 4 rings (SSSR count). The number of nitrogens with zero attached hydrogens (tertiary/aromatic N) is 1. The molecule has 1 amide bonds. The Morgan fingerprint density at radius 1 is 1.00 bits per heavy atom. The predicted molar refractivity (Wildman–Crippen MR) is 103 cm³/mol. The Balaban J connectivity index is 1.32. The van der Waals surface area contributed by atoms with Crippen molar-refractivity contribution >= 4 is 17.4 Å². The molecule has 0 spiro atoms. The Hall–Kier alpha value is -3.54. The van der Waals surface area contributed by atoms with E-state index in [9.17, 15) is 4.79 Å². The molecule has 27 heavy (non-hydrogen) atoms. The van der Waals surface area contributed by atoms with Gasteiger partial charge >= 0.3 is 0 Å². The van der Waals surface area contributed by atoms with Crippen LogP contribution in [0.1, 0.15) is 15.9 Å². The summed E-state index contributed by atoms with van der Waals surface area (Å²) in [4.78, 5) is 16.5. The Bertz CT molecular complexity index is 927. The number of ether oxygens (including phenoxy) is 2. The number of hydrogen-bond donors (Lipinski definition) is 2. The van der Waals surface area contributed by atoms with Crippen LogP contribution in [-0.4, -0.2) is 24.2 Å². The number of rotatable bonds is 6. The second-order valence-corrected chi connectivity index (χ2v) is 6.12. The summed E-state index contributed by atoms with van der Waals surface area (Å²) in [6.07, 6.45) is 2.36. The Morgan fingerprint density at radius 2 is 1.85 bits per heavy atom. The van der Waals surface area contributed by atoms with Crippen molar-refractivity contribution in [2.24, 2.45) is 0 Å². The van der Waals surface area contributed by atoms with Gasteiger partial charge in [-0.25, -0.2) is 4.98 Å². The van der Waals surface area contributed by atoms with E-state index in [0.29, 0.717) is 23.7 Å². The minimum Gasteiger partial charge on any atom is -0.454 e. The molecular weight excluding hydrogens is 342 g/mol. The first-order chi connectivity index (χ1) is 13.3. The highest BCUT2D eigenvalue weighted by Gasteiger charge is 2.13. The quantitative estimate of drug-likeness (QED) is 0.703. The van der Waals surface area contributed by atoms with Crippen molar-refractivity contribution < 1.29 is 14.3 Å². The molecule has 0 aliphatic carbocycles. The van der Waals surface area contributed by atoms with E-state index in [-0.39, 0.29) is 12.7 Å². The van der Waals surface area contributed by atoms with E-state index in [1.54, 1.807) is 18.3 Å². The van der Waals surface area contributed by atoms with Gasteiger partial charge in [-0.05, 0) is 36.2 Å². The number of carbonyl (C=O) groups excluding carboxylic acids is 1. The molecule has 6 nitrogen and oxygen atoms in total. The van der Waals surface area contributed by atoms with Crippen LogP contribution in [0.4, 0.5) is 11.5 Å². The summed E-state index contributed by atoms with van der Waals surface area (Å²) in [5.74, 6) is 1.95. The van der Waals surface area contributed by atoms with Crippen LogP contribution < -0.4 is 20.1 Å². The van der Waals surface area contributed by atoms with Gasteiger partial charge in [0, 0.05) is 24.5 Å². The number of benzene rings is 2. The molecule has 1 aliphatic heterocycles. The second kappa shape index (κ2) is 7.78. The van der Waals surface area contributed by atoms with Crippen LogP contribution in [0.2, 0.25) is 0 Å². The molecule has 0 fully saturated rings. The van der Waals surface area contributed by atoms with Gasteiger partial charge in [0.2, 0.25) is 6.79 Å². The molecular formula is C21H19N3O3. The average molecular weight is 361 g/mol. The normalized spacial score (nSPS) is 11.9. The molecule has 0 unspecified atom stereocenters. The van der Waals surface area contributed by atoms with E-state index in [0.717, 1.165) is 17.9 Å². The van der Waals surface area contributed by atoms with Gasteiger partial charge in [-0.2, -0.15) is 0 Å². The van der Waals surface area contributed by atoms with Crippen LogP contribution in [0.3, 0.4) is 0 Å². The number of hydrogen-bond acceptors (Lipinski definition) is 5. The van der Waals surface area contributed by atoms with Crippen molar-refractivity contribution in [1.82, 2.24) is 10.3 Å². The summed E-state index contributed by atoms with van der Waals surface area (Å²) < 4.78 is 10.7. The van der Waals surface area contributed by atoms with E-state index in [1.165, 1.54) is 5.56 Å². The van der Waals surface area contributed by atoms with Crippen LogP contribution in [0.15, 0.2) is 66.9 Å². The van der Waals surface area contributed by atoms with Crippen LogP contribution in [0, 0.1) is 0 Å². The fraction of sp³-hybridized carbons (Fsp3) is 0.143. The molecule has 2 N–H and O–H groups in total. The summed E-state index contributed by atoms with van der Waals surface area (Å²) in [5, 5.41) is 6.10. The predicted octanol–water partition coefficient (Wildman–Crippen LogP) is 3.53. The lowest BCUT2D eigenvalue weighted by atomic mass is 10.1. The SMILES string of the molecule is O=C(NCCc1ccccc1)c1ccc(Nc2ccc3c(c2)OCO3)nc1. The number of fused-ring (bicyclic) bond motifs is 1. The monoisotopic (exact) mass is 361 g/mol. The molecule has 1 aromatic heterocycles. The summed E-state index contributed by atoms with van der Waals surface area (Å²) in [7, 11) is 0. The highest BCUT2D eigenvalue weighted by Crippen LogP contribution is 2.34. The van der Waals surface area contributed by atoms with E-state index in [4.69, 9.17) is 9.47 Å². The van der Waals surface area contributed by atoms with Crippen LogP contribution in [0.25, 0.3) is 0 Å². The van der Waals surface area contributed by atoms with Gasteiger partial charge in [-0.3, -0.25) is 4.79 Å². The number of carbonyl (C=O) groups is 1. The number of anilines is 2. The van der Waals surface area contributed by atoms with Crippen LogP contribution >= 0.6 is 0 Å². The van der Waals surface area contributed by atoms with Gasteiger partial charge in [-0.15, -0.1) is 0 Å². The largest absolute Gasteiger partial charge is 0.454 e. The van der Waals surface area contributed by atoms with Crippen molar-refractivity contribution in [2.75, 3.05) is 18.7 Å². The lowest BCUT2D eigenvalue weighted by molar-refractivity contribution is 0.0954. The summed E-state index contributed by atoms with van der Waals surface area (Å²) in [5.41, 5.74) is 2.56. The molecule has 0 bridgehead atoms. The Labute approximate surface area is 157 Å². The molecule has 136 valence electrons. The van der Waals surface area contributed by atoms with Gasteiger partial charge in [0.1, 0.15) is 5.82 Å². The Kier molecular flexibility index (Phi) is 4.87. The second-order valence-electron chi connectivity index (χ2n) is 6.12. The smallest absolute Gasteiger partial charge is 0.252 e. The minimum absolute atomic E-state index is 0.131. The van der Waals surface area contributed by atoms with Crippen molar-refractivity contribution in [3.05, 3.63) is 78.0 Å². The van der Waals surface area contributed by atoms with Crippen molar-refractivity contribution in [1.29, 1.82) is 0 Å². The number of aromatic nitrogens is 1. The fourth-order valence-corrected chi connectivity index (χ4v) is 2.79. The summed E-state index contributed by atoms with van der Waals surface area (Å²) >= 11 is 0. The molecule has 6 heteroatoms. The maximum atomic E-state index is 12.2. The summed E-state index contributed by atoms with van der Waals surface area (Å²) in [6, 6.07) is 19.2. The number of pyridine rings is 1. The maximum absolute atomic E-state index is 12.2. The fourth-order valence-electron chi connectivity index (χ4n) is 2.79. The van der Waals surface area contributed by atoms with Gasteiger partial charge in [0.25, 0.3) is 5.91 Å². The van der Waals surface area contributed by atoms with Gasteiger partial charge < -0.3 is 20.1 Å². The molecule has 0 saturated heterocycles. The molecule has 2 heterocycles. The zero-order chi connectivity index (χ0) is 18.5. The van der Waals surface area contributed by atoms with Gasteiger partial charge in [0.15, 0.2) is 11.5 Å². The van der Waals surface area contributed by atoms with Crippen molar-refractivity contribution in [2.45, 2.75) is 6.42 Å². The highest BCUT2D eigenvalue weighted by molar-refractivity contribution is 5.94. The first kappa shape index (κ1) is 16.9. The summed E-state index contributed by atoms with van der Waals surface area (Å²) in [6.45, 7) is 0.825. The number of nitrogens with one attached hydrogen (secondary N) is 2. The molecule has 3 aromatic rings. The topological polar surface area (TPSA) is 72.5 Å². The van der Waals surface area contributed by atoms with Crippen molar-refractivity contribution in [3.63, 3.8) is 0 Å². The minimum atomic E-state index is -0.131. The van der Waals surface area contributed by atoms with Gasteiger partial charge in [-0.1, -0.05) is 30.3 Å². The van der Waals surface area contributed by atoms with Crippen LogP contribution in [-0.2, 0) is 6.42 Å². The molecule has 2 aromatic carbocycles. The number of amides is 1. The third-order valence-corrected chi connectivity index (χ3v) is 4.21.